The fourth-order valence-electron chi connectivity index (χ4n) is 4.13. The minimum atomic E-state index is -3.59. The summed E-state index contributed by atoms with van der Waals surface area (Å²) >= 11 is 6.16. The average Bonchev–Trinajstić information content (AvgIpc) is 2.90. The first kappa shape index (κ1) is 26.0. The third-order valence-corrected chi connectivity index (χ3v) is 8.14. The molecule has 3 aromatic carbocycles. The second kappa shape index (κ2) is 11.8. The molecule has 1 heterocycles. The zero-order valence-corrected chi connectivity index (χ0v) is 21.6. The number of methoxy groups -OCH3 is 1. The Morgan fingerprint density at radius 3 is 2.42 bits per heavy atom. The van der Waals surface area contributed by atoms with Crippen LogP contribution in [0.15, 0.2) is 71.6 Å². The molecule has 0 atom stereocenters. The predicted octanol–water partition coefficient (Wildman–Crippen LogP) is 5.89. The van der Waals surface area contributed by atoms with Crippen LogP contribution in [0.25, 0.3) is 0 Å². The number of hydrogen-bond acceptors (Lipinski definition) is 5. The maximum Gasteiger partial charge on any atom is 0.243 e. The van der Waals surface area contributed by atoms with Crippen LogP contribution in [0.5, 0.6) is 17.2 Å². The molecule has 1 amide bonds. The minimum absolute atomic E-state index is 0.112. The lowest BCUT2D eigenvalue weighted by Crippen LogP contribution is -2.35. The lowest BCUT2D eigenvalue weighted by molar-refractivity contribution is -0.116. The average molecular weight is 529 g/mol. The summed E-state index contributed by atoms with van der Waals surface area (Å²) in [4.78, 5) is 13.1. The molecule has 36 heavy (non-hydrogen) atoms. The number of amides is 1. The van der Waals surface area contributed by atoms with Crippen LogP contribution in [0.3, 0.4) is 0 Å². The molecule has 0 radical (unpaired) electrons. The molecule has 1 aliphatic rings. The molecule has 0 bridgehead atoms. The van der Waals surface area contributed by atoms with Crippen LogP contribution in [0.2, 0.25) is 5.02 Å². The van der Waals surface area contributed by atoms with Crippen LogP contribution in [-0.2, 0) is 21.2 Å². The Morgan fingerprint density at radius 2 is 1.69 bits per heavy atom. The van der Waals surface area contributed by atoms with E-state index in [1.54, 1.807) is 36.4 Å². The number of nitrogens with one attached hydrogen (secondary N) is 1. The van der Waals surface area contributed by atoms with E-state index in [-0.39, 0.29) is 17.2 Å². The van der Waals surface area contributed by atoms with Crippen molar-refractivity contribution in [3.05, 3.63) is 77.3 Å². The van der Waals surface area contributed by atoms with Gasteiger partial charge >= 0.3 is 0 Å². The van der Waals surface area contributed by atoms with Crippen LogP contribution < -0.4 is 14.8 Å². The number of nitrogens with zero attached hydrogens (tertiary/aromatic N) is 1. The number of sulfonamides is 1. The van der Waals surface area contributed by atoms with Crippen molar-refractivity contribution < 1.29 is 22.7 Å². The summed E-state index contributed by atoms with van der Waals surface area (Å²) in [7, 11) is -2.07. The number of para-hydroxylation sites is 1. The molecule has 4 rings (SSSR count). The second-order valence-corrected chi connectivity index (χ2v) is 10.9. The van der Waals surface area contributed by atoms with Crippen molar-refractivity contribution in [2.24, 2.45) is 0 Å². The van der Waals surface area contributed by atoms with E-state index in [0.717, 1.165) is 19.3 Å². The van der Waals surface area contributed by atoms with E-state index >= 15 is 0 Å². The van der Waals surface area contributed by atoms with Crippen molar-refractivity contribution in [1.29, 1.82) is 0 Å². The van der Waals surface area contributed by atoms with Crippen LogP contribution in [-0.4, -0.2) is 38.8 Å². The number of rotatable bonds is 9. The van der Waals surface area contributed by atoms with Gasteiger partial charge in [0.15, 0.2) is 5.75 Å². The molecule has 1 aliphatic heterocycles. The molecule has 7 nitrogen and oxygen atoms in total. The van der Waals surface area contributed by atoms with Gasteiger partial charge in [0.05, 0.1) is 17.7 Å². The van der Waals surface area contributed by atoms with Crippen LogP contribution in [0.1, 0.15) is 31.2 Å². The number of anilines is 1. The first-order valence-corrected chi connectivity index (χ1v) is 13.7. The molecule has 0 saturated carbocycles. The maximum atomic E-state index is 13.1. The van der Waals surface area contributed by atoms with Crippen LogP contribution in [0.4, 0.5) is 5.69 Å². The molecule has 3 aromatic rings. The highest BCUT2D eigenvalue weighted by molar-refractivity contribution is 7.89. The number of hydrogen-bond donors (Lipinski definition) is 1. The molecule has 190 valence electrons. The number of ether oxygens (including phenoxy) is 2. The highest BCUT2D eigenvalue weighted by atomic mass is 35.5. The zero-order chi connectivity index (χ0) is 25.5. The van der Waals surface area contributed by atoms with Gasteiger partial charge in [-0.25, -0.2) is 8.42 Å². The summed E-state index contributed by atoms with van der Waals surface area (Å²) in [6.45, 7) is 1.05. The monoisotopic (exact) mass is 528 g/mol. The highest BCUT2D eigenvalue weighted by Crippen LogP contribution is 2.32. The summed E-state index contributed by atoms with van der Waals surface area (Å²) in [5, 5.41) is 3.32. The van der Waals surface area contributed by atoms with Gasteiger partial charge in [0, 0.05) is 24.5 Å². The molecular weight excluding hydrogens is 500 g/mol. The molecule has 0 unspecified atom stereocenters. The van der Waals surface area contributed by atoms with Gasteiger partial charge in [-0.2, -0.15) is 4.31 Å². The number of benzene rings is 3. The Morgan fingerprint density at radius 1 is 0.972 bits per heavy atom. The van der Waals surface area contributed by atoms with Crippen LogP contribution in [0, 0.1) is 0 Å². The van der Waals surface area contributed by atoms with E-state index in [1.807, 2.05) is 30.3 Å². The van der Waals surface area contributed by atoms with Gasteiger partial charge in [0.2, 0.25) is 15.9 Å². The summed E-state index contributed by atoms with van der Waals surface area (Å²) < 4.78 is 39.1. The van der Waals surface area contributed by atoms with E-state index < -0.39 is 10.0 Å². The Balaban J connectivity index is 1.47. The van der Waals surface area contributed by atoms with E-state index in [0.29, 0.717) is 53.0 Å². The van der Waals surface area contributed by atoms with Gasteiger partial charge in [-0.3, -0.25) is 4.79 Å². The fourth-order valence-corrected chi connectivity index (χ4v) is 5.87. The quantitative estimate of drug-likeness (QED) is 0.374. The normalized spacial score (nSPS) is 14.3. The summed E-state index contributed by atoms with van der Waals surface area (Å²) in [5.74, 6) is 1.37. The topological polar surface area (TPSA) is 84.9 Å². The second-order valence-electron chi connectivity index (χ2n) is 8.54. The standard InChI is InChI=1S/C27H29ClN2O5S/c1-34-25-14-12-23(36(32,33)30-16-6-3-7-17-30)18-20(25)10-15-27(31)29-24-19-21(28)11-13-26(24)35-22-8-4-2-5-9-22/h2,4-5,8-9,11-14,18-19H,3,6-7,10,15-17H2,1H3,(H,29,31). The van der Waals surface area contributed by atoms with Crippen molar-refractivity contribution in [3.8, 4) is 17.2 Å². The summed E-state index contributed by atoms with van der Waals surface area (Å²) in [5.41, 5.74) is 1.10. The Labute approximate surface area is 217 Å². The van der Waals surface area contributed by atoms with E-state index in [1.165, 1.54) is 11.4 Å². The molecule has 0 aromatic heterocycles. The smallest absolute Gasteiger partial charge is 0.243 e. The molecule has 1 N–H and O–H groups in total. The number of carbonyl (C=O) groups excluding carboxylic acids is 1. The lowest BCUT2D eigenvalue weighted by Gasteiger charge is -2.26. The Hall–Kier alpha value is -3.07. The lowest BCUT2D eigenvalue weighted by atomic mass is 10.1. The van der Waals surface area contributed by atoms with Crippen molar-refractivity contribution in [2.75, 3.05) is 25.5 Å². The van der Waals surface area contributed by atoms with E-state index in [4.69, 9.17) is 21.1 Å². The highest BCUT2D eigenvalue weighted by Gasteiger charge is 2.26. The number of aryl methyl sites for hydroxylation is 1. The number of piperidine rings is 1. The van der Waals surface area contributed by atoms with Crippen molar-refractivity contribution >= 4 is 33.2 Å². The SMILES string of the molecule is COc1ccc(S(=O)(=O)N2CCCCC2)cc1CCC(=O)Nc1cc(Cl)ccc1Oc1ccccc1. The van der Waals surface area contributed by atoms with Crippen molar-refractivity contribution in [2.45, 2.75) is 37.0 Å². The van der Waals surface area contributed by atoms with Gasteiger partial charge in [0.25, 0.3) is 0 Å². The fraction of sp³-hybridized carbons (Fsp3) is 0.296. The van der Waals surface area contributed by atoms with Gasteiger partial charge in [-0.05, 0) is 73.4 Å². The molecule has 1 saturated heterocycles. The maximum absolute atomic E-state index is 13.1. The molecule has 0 spiro atoms. The first-order chi connectivity index (χ1) is 17.4. The molecule has 9 heteroatoms. The van der Waals surface area contributed by atoms with Crippen LogP contribution >= 0.6 is 11.6 Å². The van der Waals surface area contributed by atoms with Gasteiger partial charge in [-0.15, -0.1) is 0 Å². The predicted molar refractivity (Wildman–Crippen MR) is 141 cm³/mol. The zero-order valence-electron chi connectivity index (χ0n) is 20.1. The third-order valence-electron chi connectivity index (χ3n) is 6.01. The Bertz CT molecular complexity index is 1310. The molecule has 1 fully saturated rings. The van der Waals surface area contributed by atoms with E-state index in [9.17, 15) is 13.2 Å². The Kier molecular flexibility index (Phi) is 8.51. The van der Waals surface area contributed by atoms with Gasteiger partial charge < -0.3 is 14.8 Å². The minimum Gasteiger partial charge on any atom is -0.496 e. The first-order valence-electron chi connectivity index (χ1n) is 11.9. The number of halogens is 1. The van der Waals surface area contributed by atoms with E-state index in [2.05, 4.69) is 5.32 Å². The van der Waals surface area contributed by atoms with Gasteiger partial charge in [0.1, 0.15) is 11.5 Å². The number of carbonyl (C=O) groups is 1. The molecular formula is C27H29ClN2O5S. The van der Waals surface area contributed by atoms with Crippen molar-refractivity contribution in [3.63, 3.8) is 0 Å². The van der Waals surface area contributed by atoms with Gasteiger partial charge in [-0.1, -0.05) is 36.2 Å². The summed E-state index contributed by atoms with van der Waals surface area (Å²) in [6.07, 6.45) is 3.18. The largest absolute Gasteiger partial charge is 0.496 e. The van der Waals surface area contributed by atoms with Crippen molar-refractivity contribution in [1.82, 2.24) is 4.31 Å². The third kappa shape index (κ3) is 6.37. The summed E-state index contributed by atoms with van der Waals surface area (Å²) in [6, 6.07) is 19.1. The molecule has 0 aliphatic carbocycles.